The molecule has 1 fully saturated rings. The SMILES string of the molecule is CC(C)(C)OC(=O)N1CCC[C@@H](OCc2ccccc2)[C@H](N=[N+]=[N-])C1. The van der Waals surface area contributed by atoms with Crippen LogP contribution in [0.25, 0.3) is 10.4 Å². The summed E-state index contributed by atoms with van der Waals surface area (Å²) in [7, 11) is 0. The Kier molecular flexibility index (Phi) is 6.67. The molecule has 0 spiro atoms. The molecule has 25 heavy (non-hydrogen) atoms. The lowest BCUT2D eigenvalue weighted by Crippen LogP contribution is -2.42. The van der Waals surface area contributed by atoms with E-state index in [1.54, 1.807) is 4.90 Å². The molecule has 0 N–H and O–H groups in total. The van der Waals surface area contributed by atoms with Crippen LogP contribution >= 0.6 is 0 Å². The zero-order chi connectivity index (χ0) is 18.3. The van der Waals surface area contributed by atoms with Gasteiger partial charge in [0, 0.05) is 18.0 Å². The van der Waals surface area contributed by atoms with Crippen molar-refractivity contribution in [2.24, 2.45) is 5.11 Å². The van der Waals surface area contributed by atoms with Gasteiger partial charge in [-0.05, 0) is 44.7 Å². The summed E-state index contributed by atoms with van der Waals surface area (Å²) in [5.41, 5.74) is 9.40. The quantitative estimate of drug-likeness (QED) is 0.463. The van der Waals surface area contributed by atoms with Crippen molar-refractivity contribution < 1.29 is 14.3 Å². The maximum absolute atomic E-state index is 12.3. The molecule has 1 aromatic rings. The van der Waals surface area contributed by atoms with Crippen molar-refractivity contribution in [3.8, 4) is 0 Å². The minimum absolute atomic E-state index is 0.219. The summed E-state index contributed by atoms with van der Waals surface area (Å²) in [5.74, 6) is 0. The van der Waals surface area contributed by atoms with Gasteiger partial charge in [0.25, 0.3) is 0 Å². The van der Waals surface area contributed by atoms with Crippen LogP contribution in [0.2, 0.25) is 0 Å². The molecule has 2 atom stereocenters. The number of likely N-dealkylation sites (tertiary alicyclic amines) is 1. The third-order valence-electron chi connectivity index (χ3n) is 3.91. The van der Waals surface area contributed by atoms with Gasteiger partial charge in [-0.1, -0.05) is 35.4 Å². The normalized spacial score (nSPS) is 21.2. The lowest BCUT2D eigenvalue weighted by molar-refractivity contribution is 0.0114. The van der Waals surface area contributed by atoms with Crippen molar-refractivity contribution in [3.05, 3.63) is 46.3 Å². The first-order valence-corrected chi connectivity index (χ1v) is 8.57. The molecule has 0 aromatic heterocycles. The van der Waals surface area contributed by atoms with Gasteiger partial charge in [-0.2, -0.15) is 0 Å². The highest BCUT2D eigenvalue weighted by Gasteiger charge is 2.31. The van der Waals surface area contributed by atoms with E-state index in [1.807, 2.05) is 51.1 Å². The molecule has 0 aliphatic carbocycles. The number of benzene rings is 1. The van der Waals surface area contributed by atoms with E-state index in [0.29, 0.717) is 19.7 Å². The molecule has 0 saturated carbocycles. The molecule has 2 rings (SSSR count). The van der Waals surface area contributed by atoms with E-state index in [4.69, 9.17) is 15.0 Å². The Labute approximate surface area is 148 Å². The van der Waals surface area contributed by atoms with E-state index in [1.165, 1.54) is 0 Å². The molecular formula is C18H26N4O3. The van der Waals surface area contributed by atoms with E-state index in [-0.39, 0.29) is 12.2 Å². The zero-order valence-electron chi connectivity index (χ0n) is 15.1. The van der Waals surface area contributed by atoms with E-state index in [9.17, 15) is 4.79 Å². The second-order valence-electron chi connectivity index (χ2n) is 7.18. The van der Waals surface area contributed by atoms with Gasteiger partial charge in [-0.15, -0.1) is 0 Å². The van der Waals surface area contributed by atoms with Crippen LogP contribution in [0.15, 0.2) is 35.4 Å². The molecule has 1 heterocycles. The summed E-state index contributed by atoms with van der Waals surface area (Å²) in [6.07, 6.45) is 0.907. The minimum atomic E-state index is -0.555. The highest BCUT2D eigenvalue weighted by Crippen LogP contribution is 2.21. The Hall–Kier alpha value is -2.24. The van der Waals surface area contributed by atoms with Gasteiger partial charge in [-0.25, -0.2) is 4.79 Å². The number of azide groups is 1. The van der Waals surface area contributed by atoms with Gasteiger partial charge in [0.2, 0.25) is 0 Å². The lowest BCUT2D eigenvalue weighted by Gasteiger charge is -2.28. The number of rotatable bonds is 4. The Bertz CT molecular complexity index is 608. The fourth-order valence-electron chi connectivity index (χ4n) is 2.75. The zero-order valence-corrected chi connectivity index (χ0v) is 15.1. The molecule has 1 aliphatic heterocycles. The number of nitrogens with zero attached hydrogens (tertiary/aromatic N) is 4. The Morgan fingerprint density at radius 1 is 1.36 bits per heavy atom. The predicted molar refractivity (Wildman–Crippen MR) is 95.0 cm³/mol. The van der Waals surface area contributed by atoms with Crippen molar-refractivity contribution in [1.29, 1.82) is 0 Å². The Morgan fingerprint density at radius 2 is 2.08 bits per heavy atom. The van der Waals surface area contributed by atoms with Crippen molar-refractivity contribution in [1.82, 2.24) is 4.90 Å². The summed E-state index contributed by atoms with van der Waals surface area (Å²) < 4.78 is 11.4. The molecule has 0 bridgehead atoms. The van der Waals surface area contributed by atoms with Gasteiger partial charge in [-0.3, -0.25) is 0 Å². The molecule has 0 radical (unpaired) electrons. The van der Waals surface area contributed by atoms with Crippen LogP contribution in [0.4, 0.5) is 4.79 Å². The van der Waals surface area contributed by atoms with Gasteiger partial charge >= 0.3 is 6.09 Å². The highest BCUT2D eigenvalue weighted by atomic mass is 16.6. The number of hydrogen-bond donors (Lipinski definition) is 0. The number of carbonyl (C=O) groups excluding carboxylic acids is 1. The highest BCUT2D eigenvalue weighted by molar-refractivity contribution is 5.68. The van der Waals surface area contributed by atoms with Crippen LogP contribution in [0.1, 0.15) is 39.2 Å². The summed E-state index contributed by atoms with van der Waals surface area (Å²) in [6.45, 7) is 6.82. The average Bonchev–Trinajstić information content (AvgIpc) is 2.75. The fourth-order valence-corrected chi connectivity index (χ4v) is 2.75. The molecule has 1 aliphatic rings. The van der Waals surface area contributed by atoms with Crippen molar-refractivity contribution in [3.63, 3.8) is 0 Å². The molecule has 1 saturated heterocycles. The summed E-state index contributed by atoms with van der Waals surface area (Å²) in [6, 6.07) is 9.43. The van der Waals surface area contributed by atoms with Crippen LogP contribution in [0.5, 0.6) is 0 Å². The van der Waals surface area contributed by atoms with Crippen LogP contribution in [-0.2, 0) is 16.1 Å². The monoisotopic (exact) mass is 346 g/mol. The molecule has 1 amide bonds. The first-order valence-electron chi connectivity index (χ1n) is 8.57. The summed E-state index contributed by atoms with van der Waals surface area (Å²) in [4.78, 5) is 16.9. The van der Waals surface area contributed by atoms with Crippen molar-refractivity contribution in [2.75, 3.05) is 13.1 Å². The lowest BCUT2D eigenvalue weighted by atomic mass is 10.1. The number of amides is 1. The summed E-state index contributed by atoms with van der Waals surface area (Å²) >= 11 is 0. The second-order valence-corrected chi connectivity index (χ2v) is 7.18. The second kappa shape index (κ2) is 8.74. The van der Waals surface area contributed by atoms with Gasteiger partial charge in [0.15, 0.2) is 0 Å². The molecule has 1 aromatic carbocycles. The Morgan fingerprint density at radius 3 is 2.72 bits per heavy atom. The van der Waals surface area contributed by atoms with Crippen LogP contribution in [-0.4, -0.2) is 41.8 Å². The third kappa shape index (κ3) is 6.29. The van der Waals surface area contributed by atoms with E-state index in [0.717, 1.165) is 18.4 Å². The number of ether oxygens (including phenoxy) is 2. The molecule has 7 heteroatoms. The first-order chi connectivity index (χ1) is 11.9. The van der Waals surface area contributed by atoms with E-state index in [2.05, 4.69) is 10.0 Å². The largest absolute Gasteiger partial charge is 0.444 e. The van der Waals surface area contributed by atoms with E-state index >= 15 is 0 Å². The predicted octanol–water partition coefficient (Wildman–Crippen LogP) is 4.28. The minimum Gasteiger partial charge on any atom is -0.444 e. The van der Waals surface area contributed by atoms with Crippen LogP contribution in [0.3, 0.4) is 0 Å². The fraction of sp³-hybridized carbons (Fsp3) is 0.611. The van der Waals surface area contributed by atoms with Crippen LogP contribution < -0.4 is 0 Å². The molecule has 0 unspecified atom stereocenters. The molecule has 7 nitrogen and oxygen atoms in total. The maximum atomic E-state index is 12.3. The average molecular weight is 346 g/mol. The molecular weight excluding hydrogens is 320 g/mol. The van der Waals surface area contributed by atoms with Gasteiger partial charge in [0.05, 0.1) is 18.8 Å². The van der Waals surface area contributed by atoms with Gasteiger partial charge < -0.3 is 14.4 Å². The van der Waals surface area contributed by atoms with Crippen molar-refractivity contribution >= 4 is 6.09 Å². The van der Waals surface area contributed by atoms with Crippen molar-refractivity contribution in [2.45, 2.75) is 58.0 Å². The number of carbonyl (C=O) groups is 1. The Balaban J connectivity index is 2.02. The van der Waals surface area contributed by atoms with Gasteiger partial charge in [0.1, 0.15) is 5.60 Å². The topological polar surface area (TPSA) is 87.5 Å². The third-order valence-corrected chi connectivity index (χ3v) is 3.91. The summed E-state index contributed by atoms with van der Waals surface area (Å²) in [5, 5.41) is 3.87. The maximum Gasteiger partial charge on any atom is 0.410 e. The standard InChI is InChI=1S/C18H26N4O3/c1-18(2,3)25-17(23)22-11-7-10-16(15(12-22)20-21-19)24-13-14-8-5-4-6-9-14/h4-6,8-9,15-16H,7,10-13H2,1-3H3/t15-,16-/m1/s1. The first kappa shape index (κ1) is 19.1. The smallest absolute Gasteiger partial charge is 0.410 e. The molecule has 136 valence electrons. The number of hydrogen-bond acceptors (Lipinski definition) is 4. The van der Waals surface area contributed by atoms with Crippen LogP contribution in [0, 0.1) is 0 Å². The van der Waals surface area contributed by atoms with E-state index < -0.39 is 11.6 Å².